The van der Waals surface area contributed by atoms with Gasteiger partial charge < -0.3 is 19.5 Å². The third kappa shape index (κ3) is 6.49. The number of amides is 1. The number of thioether (sulfide) groups is 1. The Morgan fingerprint density at radius 1 is 1.16 bits per heavy atom. The number of rotatable bonds is 9. The average molecular weight is 442 g/mol. The van der Waals surface area contributed by atoms with Crippen LogP contribution in [0.4, 0.5) is 0 Å². The molecular formula is C23H27N3O4S. The molecule has 1 fully saturated rings. The molecule has 1 atom stereocenters. The van der Waals surface area contributed by atoms with Crippen molar-refractivity contribution < 1.29 is 19.0 Å². The molecular weight excluding hydrogens is 414 g/mol. The molecule has 0 radical (unpaired) electrons. The fourth-order valence-electron chi connectivity index (χ4n) is 2.95. The fraction of sp³-hybridized carbons (Fsp3) is 0.348. The van der Waals surface area contributed by atoms with E-state index in [2.05, 4.69) is 15.5 Å². The smallest absolute Gasteiger partial charge is 0.239 e. The van der Waals surface area contributed by atoms with Gasteiger partial charge in [-0.05, 0) is 68.7 Å². The lowest BCUT2D eigenvalue weighted by atomic mass is 10.1. The summed E-state index contributed by atoms with van der Waals surface area (Å²) in [5.41, 5.74) is 1.88. The van der Waals surface area contributed by atoms with Crippen LogP contribution in [0.2, 0.25) is 0 Å². The minimum absolute atomic E-state index is 0.0541. The Balaban J connectivity index is 1.60. The second-order valence-electron chi connectivity index (χ2n) is 7.10. The van der Waals surface area contributed by atoms with Crippen molar-refractivity contribution in [2.45, 2.75) is 38.5 Å². The van der Waals surface area contributed by atoms with Crippen LogP contribution < -0.4 is 19.5 Å². The molecule has 31 heavy (non-hydrogen) atoms. The summed E-state index contributed by atoms with van der Waals surface area (Å²) in [5, 5.41) is 11.3. The first-order valence-electron chi connectivity index (χ1n) is 10.1. The third-order valence-corrected chi connectivity index (χ3v) is 5.41. The van der Waals surface area contributed by atoms with Gasteiger partial charge in [-0.15, -0.1) is 5.10 Å². The first-order valence-corrected chi connectivity index (χ1v) is 11.0. The van der Waals surface area contributed by atoms with E-state index in [1.54, 1.807) is 13.3 Å². The number of nitrogens with one attached hydrogen (secondary N) is 1. The molecule has 0 saturated carbocycles. The minimum atomic E-state index is -0.237. The molecule has 1 N–H and O–H groups in total. The number of hydrogen-bond acceptors (Lipinski definition) is 7. The molecule has 1 aliphatic heterocycles. The van der Waals surface area contributed by atoms with Gasteiger partial charge in [0.25, 0.3) is 0 Å². The topological polar surface area (TPSA) is 81.5 Å². The number of carbonyl (C=O) groups excluding carboxylic acids is 1. The number of carbonyl (C=O) groups is 1. The summed E-state index contributed by atoms with van der Waals surface area (Å²) in [5.74, 6) is 2.07. The van der Waals surface area contributed by atoms with Crippen LogP contribution >= 0.6 is 11.8 Å². The summed E-state index contributed by atoms with van der Waals surface area (Å²) >= 11 is 1.38. The number of methoxy groups -OCH3 is 1. The lowest BCUT2D eigenvalue weighted by Crippen LogP contribution is -2.25. The first kappa shape index (κ1) is 22.7. The van der Waals surface area contributed by atoms with E-state index in [1.165, 1.54) is 11.8 Å². The zero-order valence-electron chi connectivity index (χ0n) is 18.1. The van der Waals surface area contributed by atoms with Crippen molar-refractivity contribution >= 4 is 29.1 Å². The highest BCUT2D eigenvalue weighted by Gasteiger charge is 2.30. The van der Waals surface area contributed by atoms with E-state index in [9.17, 15) is 4.79 Å². The highest BCUT2D eigenvalue weighted by molar-refractivity contribution is 8.15. The zero-order valence-corrected chi connectivity index (χ0v) is 18.9. The highest BCUT2D eigenvalue weighted by Crippen LogP contribution is 2.28. The molecule has 7 nitrogen and oxygen atoms in total. The Morgan fingerprint density at radius 2 is 1.94 bits per heavy atom. The molecule has 1 aliphatic rings. The lowest BCUT2D eigenvalue weighted by molar-refractivity contribution is -0.118. The van der Waals surface area contributed by atoms with Crippen molar-refractivity contribution in [1.29, 1.82) is 0 Å². The predicted octanol–water partition coefficient (Wildman–Crippen LogP) is 4.05. The first-order chi connectivity index (χ1) is 15.0. The largest absolute Gasteiger partial charge is 0.494 e. The standard InChI is InChI=1S/C23H27N3O4S/c1-5-29-18-9-6-16(7-10-18)13-21-22(27)25-23(31-21)26-24-14-17-8-11-19(30-15(2)3)20(12-17)28-4/h6-12,14-15,21H,5,13H2,1-4H3,(H,25,26,27)/b24-14+. The third-order valence-electron chi connectivity index (χ3n) is 4.34. The van der Waals surface area contributed by atoms with Crippen molar-refractivity contribution in [3.63, 3.8) is 0 Å². The monoisotopic (exact) mass is 441 g/mol. The molecule has 164 valence electrons. The SMILES string of the molecule is CCOc1ccc(CC2S/C(=N/N=C/c3ccc(OC(C)C)c(OC)c3)NC2=O)cc1. The van der Waals surface area contributed by atoms with Crippen molar-refractivity contribution in [1.82, 2.24) is 5.32 Å². The molecule has 0 aromatic heterocycles. The van der Waals surface area contributed by atoms with Gasteiger partial charge in [-0.25, -0.2) is 0 Å². The van der Waals surface area contributed by atoms with Gasteiger partial charge in [0.2, 0.25) is 5.91 Å². The number of hydrogen-bond donors (Lipinski definition) is 1. The molecule has 0 spiro atoms. The highest BCUT2D eigenvalue weighted by atomic mass is 32.2. The lowest BCUT2D eigenvalue weighted by Gasteiger charge is -2.13. The van der Waals surface area contributed by atoms with Crippen LogP contribution in [0.3, 0.4) is 0 Å². The molecule has 0 aliphatic carbocycles. The zero-order chi connectivity index (χ0) is 22.2. The summed E-state index contributed by atoms with van der Waals surface area (Å²) in [6.07, 6.45) is 2.28. The second kappa shape index (κ2) is 10.9. The Hall–Kier alpha value is -3.00. The van der Waals surface area contributed by atoms with Gasteiger partial charge >= 0.3 is 0 Å². The molecule has 1 unspecified atom stereocenters. The van der Waals surface area contributed by atoms with Crippen molar-refractivity contribution in [2.24, 2.45) is 10.2 Å². The normalized spacial score (nSPS) is 17.4. The van der Waals surface area contributed by atoms with Crippen LogP contribution in [-0.2, 0) is 11.2 Å². The predicted molar refractivity (Wildman–Crippen MR) is 125 cm³/mol. The van der Waals surface area contributed by atoms with E-state index in [-0.39, 0.29) is 17.3 Å². The summed E-state index contributed by atoms with van der Waals surface area (Å²) < 4.78 is 16.5. The van der Waals surface area contributed by atoms with E-state index < -0.39 is 0 Å². The van der Waals surface area contributed by atoms with Gasteiger partial charge in [-0.3, -0.25) is 4.79 Å². The van der Waals surface area contributed by atoms with Gasteiger partial charge in [-0.2, -0.15) is 5.10 Å². The van der Waals surface area contributed by atoms with Crippen LogP contribution in [0.1, 0.15) is 31.9 Å². The van der Waals surface area contributed by atoms with Crippen LogP contribution in [-0.4, -0.2) is 42.4 Å². The van der Waals surface area contributed by atoms with Crippen LogP contribution in [0, 0.1) is 0 Å². The van der Waals surface area contributed by atoms with Gasteiger partial charge in [0.1, 0.15) is 5.75 Å². The van der Waals surface area contributed by atoms with Crippen molar-refractivity contribution in [3.8, 4) is 17.2 Å². The molecule has 2 aromatic rings. The summed E-state index contributed by atoms with van der Waals surface area (Å²) in [6.45, 7) is 6.50. The average Bonchev–Trinajstić information content (AvgIpc) is 3.09. The fourth-order valence-corrected chi connectivity index (χ4v) is 3.92. The van der Waals surface area contributed by atoms with Gasteiger partial charge in [0.05, 0.1) is 31.3 Å². The van der Waals surface area contributed by atoms with Crippen LogP contribution in [0.5, 0.6) is 17.2 Å². The summed E-state index contributed by atoms with van der Waals surface area (Å²) in [6, 6.07) is 13.3. The number of ether oxygens (including phenoxy) is 3. The van der Waals surface area contributed by atoms with E-state index in [4.69, 9.17) is 14.2 Å². The molecule has 8 heteroatoms. The Bertz CT molecular complexity index is 958. The van der Waals surface area contributed by atoms with E-state index in [1.807, 2.05) is 63.2 Å². The second-order valence-corrected chi connectivity index (χ2v) is 8.29. The van der Waals surface area contributed by atoms with Gasteiger partial charge in [0, 0.05) is 0 Å². The van der Waals surface area contributed by atoms with Crippen molar-refractivity contribution in [2.75, 3.05) is 13.7 Å². The van der Waals surface area contributed by atoms with Crippen LogP contribution in [0.25, 0.3) is 0 Å². The van der Waals surface area contributed by atoms with E-state index >= 15 is 0 Å². The quantitative estimate of drug-likeness (QED) is 0.469. The summed E-state index contributed by atoms with van der Waals surface area (Å²) in [7, 11) is 1.60. The summed E-state index contributed by atoms with van der Waals surface area (Å²) in [4.78, 5) is 12.3. The molecule has 1 saturated heterocycles. The molecule has 2 aromatic carbocycles. The van der Waals surface area contributed by atoms with E-state index in [0.29, 0.717) is 29.7 Å². The van der Waals surface area contributed by atoms with Crippen LogP contribution in [0.15, 0.2) is 52.7 Å². The van der Waals surface area contributed by atoms with Crippen molar-refractivity contribution in [3.05, 3.63) is 53.6 Å². The number of benzene rings is 2. The van der Waals surface area contributed by atoms with Gasteiger partial charge in [-0.1, -0.05) is 23.9 Å². The molecule has 0 bridgehead atoms. The Labute approximate surface area is 186 Å². The maximum atomic E-state index is 12.3. The Kier molecular flexibility index (Phi) is 7.94. The Morgan fingerprint density at radius 3 is 2.61 bits per heavy atom. The van der Waals surface area contributed by atoms with Gasteiger partial charge in [0.15, 0.2) is 16.7 Å². The maximum Gasteiger partial charge on any atom is 0.239 e. The maximum absolute atomic E-state index is 12.3. The molecule has 1 heterocycles. The molecule has 1 amide bonds. The number of amidine groups is 1. The number of nitrogens with zero attached hydrogens (tertiary/aromatic N) is 2. The minimum Gasteiger partial charge on any atom is -0.494 e. The van der Waals surface area contributed by atoms with E-state index in [0.717, 1.165) is 16.9 Å². The molecule has 3 rings (SSSR count).